The topological polar surface area (TPSA) is 73.0 Å². The van der Waals surface area contributed by atoms with Gasteiger partial charge in [-0.25, -0.2) is 0 Å². The summed E-state index contributed by atoms with van der Waals surface area (Å²) in [6.07, 6.45) is 0. The molecular weight excluding hydrogens is 340 g/mol. The number of benzene rings is 1. The van der Waals surface area contributed by atoms with E-state index in [-0.39, 0.29) is 11.8 Å². The molecule has 6 nitrogen and oxygen atoms in total. The fraction of sp³-hybridized carbons (Fsp3) is 0.381. The van der Waals surface area contributed by atoms with Crippen molar-refractivity contribution in [2.24, 2.45) is 0 Å². The van der Waals surface area contributed by atoms with Crippen LogP contribution in [-0.2, 0) is 13.1 Å². The Balaban J connectivity index is 1.75. The number of carbonyl (C=O) groups excluding carboxylic acids is 1. The number of aryl methyl sites for hydroxylation is 2. The fourth-order valence-electron chi connectivity index (χ4n) is 3.21. The van der Waals surface area contributed by atoms with Crippen molar-refractivity contribution in [2.45, 2.75) is 53.6 Å². The Morgan fingerprint density at radius 3 is 2.52 bits per heavy atom. The zero-order valence-corrected chi connectivity index (χ0v) is 16.5. The standard InChI is InChI=1S/C21H26N4O2/c1-13(2)20-19(15(4)24-27-20)21(26)22-11-18-14(3)23-25(16(18)5)12-17-9-7-6-8-10-17/h6-10,13H,11-12H2,1-5H3,(H,22,26). The van der Waals surface area contributed by atoms with E-state index < -0.39 is 0 Å². The van der Waals surface area contributed by atoms with Gasteiger partial charge in [0.05, 0.1) is 17.9 Å². The van der Waals surface area contributed by atoms with Gasteiger partial charge < -0.3 is 9.84 Å². The lowest BCUT2D eigenvalue weighted by molar-refractivity contribution is 0.0947. The number of carbonyl (C=O) groups is 1. The van der Waals surface area contributed by atoms with Crippen LogP contribution in [0.5, 0.6) is 0 Å². The molecule has 0 fully saturated rings. The summed E-state index contributed by atoms with van der Waals surface area (Å²) in [4.78, 5) is 12.7. The maximum Gasteiger partial charge on any atom is 0.257 e. The number of nitrogens with one attached hydrogen (secondary N) is 1. The Hall–Kier alpha value is -2.89. The van der Waals surface area contributed by atoms with Crippen LogP contribution in [0.1, 0.15) is 64.1 Å². The molecule has 3 aromatic rings. The highest BCUT2D eigenvalue weighted by Crippen LogP contribution is 2.22. The summed E-state index contributed by atoms with van der Waals surface area (Å²) in [5, 5.41) is 11.6. The molecule has 1 aromatic carbocycles. The van der Waals surface area contributed by atoms with Gasteiger partial charge in [0.1, 0.15) is 5.56 Å². The van der Waals surface area contributed by atoms with Crippen LogP contribution in [0.2, 0.25) is 0 Å². The zero-order chi connectivity index (χ0) is 19.6. The molecule has 0 aliphatic heterocycles. The lowest BCUT2D eigenvalue weighted by atomic mass is 10.0. The van der Waals surface area contributed by atoms with E-state index in [1.807, 2.05) is 50.6 Å². The second kappa shape index (κ2) is 7.78. The van der Waals surface area contributed by atoms with Crippen molar-refractivity contribution in [2.75, 3.05) is 0 Å². The lowest BCUT2D eigenvalue weighted by Gasteiger charge is -2.08. The third kappa shape index (κ3) is 3.94. The Bertz CT molecular complexity index is 939. The first-order valence-electron chi connectivity index (χ1n) is 9.19. The summed E-state index contributed by atoms with van der Waals surface area (Å²) in [6.45, 7) is 10.9. The molecule has 2 aromatic heterocycles. The second-order valence-electron chi connectivity index (χ2n) is 7.14. The summed E-state index contributed by atoms with van der Waals surface area (Å²) in [6, 6.07) is 10.2. The number of amides is 1. The van der Waals surface area contributed by atoms with E-state index in [1.165, 1.54) is 5.56 Å². The lowest BCUT2D eigenvalue weighted by Crippen LogP contribution is -2.25. The quantitative estimate of drug-likeness (QED) is 0.718. The molecule has 0 bridgehead atoms. The number of hydrogen-bond donors (Lipinski definition) is 1. The monoisotopic (exact) mass is 366 g/mol. The van der Waals surface area contributed by atoms with Crippen molar-refractivity contribution in [1.82, 2.24) is 20.3 Å². The Kier molecular flexibility index (Phi) is 5.44. The molecule has 142 valence electrons. The molecular formula is C21H26N4O2. The minimum absolute atomic E-state index is 0.101. The molecule has 0 spiro atoms. The van der Waals surface area contributed by atoms with E-state index in [4.69, 9.17) is 4.52 Å². The largest absolute Gasteiger partial charge is 0.360 e. The molecule has 0 radical (unpaired) electrons. The van der Waals surface area contributed by atoms with E-state index in [0.29, 0.717) is 30.1 Å². The van der Waals surface area contributed by atoms with Crippen LogP contribution < -0.4 is 5.32 Å². The van der Waals surface area contributed by atoms with Gasteiger partial charge in [-0.1, -0.05) is 49.3 Å². The van der Waals surface area contributed by atoms with E-state index in [2.05, 4.69) is 27.7 Å². The van der Waals surface area contributed by atoms with Gasteiger partial charge in [0.25, 0.3) is 5.91 Å². The highest BCUT2D eigenvalue weighted by molar-refractivity contribution is 5.96. The van der Waals surface area contributed by atoms with Crippen LogP contribution in [0.3, 0.4) is 0 Å². The van der Waals surface area contributed by atoms with E-state index in [1.54, 1.807) is 6.92 Å². The van der Waals surface area contributed by atoms with Gasteiger partial charge in [-0.15, -0.1) is 0 Å². The van der Waals surface area contributed by atoms with Crippen LogP contribution in [0.15, 0.2) is 34.9 Å². The van der Waals surface area contributed by atoms with Crippen molar-refractivity contribution in [3.05, 3.63) is 69.9 Å². The average molecular weight is 366 g/mol. The minimum Gasteiger partial charge on any atom is -0.360 e. The number of aromatic nitrogens is 3. The molecule has 0 atom stereocenters. The summed E-state index contributed by atoms with van der Waals surface area (Å²) in [5.41, 5.74) is 5.37. The van der Waals surface area contributed by atoms with Gasteiger partial charge in [0, 0.05) is 23.7 Å². The van der Waals surface area contributed by atoms with Crippen molar-refractivity contribution in [3.8, 4) is 0 Å². The van der Waals surface area contributed by atoms with Crippen molar-refractivity contribution < 1.29 is 9.32 Å². The van der Waals surface area contributed by atoms with Crippen LogP contribution in [-0.4, -0.2) is 20.8 Å². The molecule has 0 saturated heterocycles. The Morgan fingerprint density at radius 2 is 1.85 bits per heavy atom. The summed E-state index contributed by atoms with van der Waals surface area (Å²) in [7, 11) is 0. The predicted molar refractivity (Wildman–Crippen MR) is 104 cm³/mol. The fourth-order valence-corrected chi connectivity index (χ4v) is 3.21. The third-order valence-electron chi connectivity index (χ3n) is 4.77. The molecule has 3 rings (SSSR count). The predicted octanol–water partition coefficient (Wildman–Crippen LogP) is 3.90. The Labute approximate surface area is 159 Å². The first kappa shape index (κ1) is 18.9. The summed E-state index contributed by atoms with van der Waals surface area (Å²) >= 11 is 0. The highest BCUT2D eigenvalue weighted by Gasteiger charge is 2.23. The number of nitrogens with zero attached hydrogens (tertiary/aromatic N) is 3. The number of hydrogen-bond acceptors (Lipinski definition) is 4. The van der Waals surface area contributed by atoms with Gasteiger partial charge in [-0.05, 0) is 26.3 Å². The molecule has 27 heavy (non-hydrogen) atoms. The molecule has 0 aliphatic carbocycles. The molecule has 2 heterocycles. The SMILES string of the molecule is Cc1nn(Cc2ccccc2)c(C)c1CNC(=O)c1c(C)noc1C(C)C. The van der Waals surface area contributed by atoms with Crippen LogP contribution >= 0.6 is 0 Å². The Morgan fingerprint density at radius 1 is 1.15 bits per heavy atom. The normalized spacial score (nSPS) is 11.2. The smallest absolute Gasteiger partial charge is 0.257 e. The van der Waals surface area contributed by atoms with Crippen LogP contribution in [0.4, 0.5) is 0 Å². The molecule has 1 amide bonds. The molecule has 6 heteroatoms. The van der Waals surface area contributed by atoms with Gasteiger partial charge in [-0.2, -0.15) is 5.10 Å². The first-order valence-corrected chi connectivity index (χ1v) is 9.19. The van der Waals surface area contributed by atoms with Crippen molar-refractivity contribution >= 4 is 5.91 Å². The molecule has 0 saturated carbocycles. The average Bonchev–Trinajstić information content (AvgIpc) is 3.14. The van der Waals surface area contributed by atoms with E-state index in [0.717, 1.165) is 17.0 Å². The summed E-state index contributed by atoms with van der Waals surface area (Å²) < 4.78 is 7.30. The molecule has 1 N–H and O–H groups in total. The van der Waals surface area contributed by atoms with Crippen molar-refractivity contribution in [1.29, 1.82) is 0 Å². The zero-order valence-electron chi connectivity index (χ0n) is 16.5. The minimum atomic E-state index is -0.160. The third-order valence-corrected chi connectivity index (χ3v) is 4.77. The van der Waals surface area contributed by atoms with Gasteiger partial charge in [0.15, 0.2) is 5.76 Å². The highest BCUT2D eigenvalue weighted by atomic mass is 16.5. The van der Waals surface area contributed by atoms with Crippen molar-refractivity contribution in [3.63, 3.8) is 0 Å². The second-order valence-corrected chi connectivity index (χ2v) is 7.14. The maximum absolute atomic E-state index is 12.7. The van der Waals surface area contributed by atoms with Crippen LogP contribution in [0.25, 0.3) is 0 Å². The molecule has 0 aliphatic rings. The van der Waals surface area contributed by atoms with E-state index in [9.17, 15) is 4.79 Å². The molecule has 0 unspecified atom stereocenters. The first-order chi connectivity index (χ1) is 12.9. The van der Waals surface area contributed by atoms with Gasteiger partial charge in [-0.3, -0.25) is 9.48 Å². The van der Waals surface area contributed by atoms with Crippen LogP contribution in [0, 0.1) is 20.8 Å². The maximum atomic E-state index is 12.7. The number of rotatable bonds is 6. The van der Waals surface area contributed by atoms with Gasteiger partial charge >= 0.3 is 0 Å². The van der Waals surface area contributed by atoms with E-state index >= 15 is 0 Å². The summed E-state index contributed by atoms with van der Waals surface area (Å²) in [5.74, 6) is 0.564. The van der Waals surface area contributed by atoms with Gasteiger partial charge in [0.2, 0.25) is 0 Å².